The van der Waals surface area contributed by atoms with E-state index in [0.717, 1.165) is 16.3 Å². The fourth-order valence-electron chi connectivity index (χ4n) is 3.35. The zero-order valence-corrected chi connectivity index (χ0v) is 16.7. The molecule has 3 aromatic rings. The number of rotatable bonds is 6. The first-order chi connectivity index (χ1) is 13.7. The van der Waals surface area contributed by atoms with Crippen molar-refractivity contribution in [2.75, 3.05) is 18.1 Å². The Morgan fingerprint density at radius 3 is 2.57 bits per heavy atom. The second-order valence-corrected chi connectivity index (χ2v) is 7.94. The summed E-state index contributed by atoms with van der Waals surface area (Å²) < 4.78 is 11.3. The Bertz CT molecular complexity index is 924. The molecule has 5 heteroatoms. The molecule has 1 aromatic heterocycles. The average molecular weight is 394 g/mol. The maximum Gasteiger partial charge on any atom is 0.227 e. The van der Waals surface area contributed by atoms with Crippen LogP contribution in [0.2, 0.25) is 0 Å². The molecule has 2 aromatic carbocycles. The summed E-state index contributed by atoms with van der Waals surface area (Å²) in [7, 11) is 0. The molecule has 0 fully saturated rings. The van der Waals surface area contributed by atoms with Crippen LogP contribution in [0.15, 0.2) is 66.0 Å². The fraction of sp³-hybridized carbons (Fsp3) is 0.261. The molecule has 0 bridgehead atoms. The van der Waals surface area contributed by atoms with Crippen LogP contribution in [-0.4, -0.2) is 19.1 Å². The number of nitrogens with zero attached hydrogens (tertiary/aromatic N) is 1. The average Bonchev–Trinajstić information content (AvgIpc) is 3.25. The van der Waals surface area contributed by atoms with E-state index < -0.39 is 0 Å². The van der Waals surface area contributed by atoms with Crippen LogP contribution in [0, 0.1) is 0 Å². The summed E-state index contributed by atoms with van der Waals surface area (Å²) in [4.78, 5) is 16.3. The summed E-state index contributed by atoms with van der Waals surface area (Å²) in [5, 5.41) is 2.04. The number of benzene rings is 2. The predicted octanol–water partition coefficient (Wildman–Crippen LogP) is 5.25. The maximum absolute atomic E-state index is 13.3. The van der Waals surface area contributed by atoms with Gasteiger partial charge in [-0.15, -0.1) is 11.3 Å². The van der Waals surface area contributed by atoms with E-state index in [1.165, 1.54) is 5.56 Å². The molecule has 0 radical (unpaired) electrons. The van der Waals surface area contributed by atoms with Gasteiger partial charge < -0.3 is 14.4 Å². The number of thiophene rings is 1. The Labute approximate surface area is 169 Å². The van der Waals surface area contributed by atoms with E-state index in [4.69, 9.17) is 9.47 Å². The molecular formula is C23H23NO3S. The van der Waals surface area contributed by atoms with Crippen molar-refractivity contribution in [3.8, 4) is 11.5 Å². The summed E-state index contributed by atoms with van der Waals surface area (Å²) in [5.74, 6) is 1.68. The van der Waals surface area contributed by atoms with Gasteiger partial charge in [0.25, 0.3) is 0 Å². The van der Waals surface area contributed by atoms with Crippen molar-refractivity contribution in [3.05, 3.63) is 76.5 Å². The van der Waals surface area contributed by atoms with Crippen LogP contribution >= 0.6 is 11.3 Å². The molecule has 2 heterocycles. The smallest absolute Gasteiger partial charge is 0.227 e. The summed E-state index contributed by atoms with van der Waals surface area (Å²) in [6, 6.07) is 20.0. The molecule has 1 aliphatic rings. The zero-order valence-electron chi connectivity index (χ0n) is 15.8. The Balaban J connectivity index is 1.59. The van der Waals surface area contributed by atoms with Crippen LogP contribution in [-0.2, 0) is 11.3 Å². The van der Waals surface area contributed by atoms with Crippen molar-refractivity contribution in [2.24, 2.45) is 0 Å². The lowest BCUT2D eigenvalue weighted by atomic mass is 9.97. The molecule has 144 valence electrons. The van der Waals surface area contributed by atoms with Crippen molar-refractivity contribution >= 4 is 22.9 Å². The van der Waals surface area contributed by atoms with Crippen molar-refractivity contribution in [3.63, 3.8) is 0 Å². The van der Waals surface area contributed by atoms with Gasteiger partial charge in [-0.3, -0.25) is 4.79 Å². The van der Waals surface area contributed by atoms with E-state index in [1.54, 1.807) is 11.3 Å². The molecule has 4 rings (SSSR count). The van der Waals surface area contributed by atoms with Crippen LogP contribution in [0.25, 0.3) is 0 Å². The van der Waals surface area contributed by atoms with Gasteiger partial charge in [0.1, 0.15) is 13.2 Å². The van der Waals surface area contributed by atoms with Crippen LogP contribution < -0.4 is 14.4 Å². The van der Waals surface area contributed by atoms with Gasteiger partial charge in [0, 0.05) is 23.1 Å². The Hall–Kier alpha value is -2.79. The van der Waals surface area contributed by atoms with Gasteiger partial charge in [-0.05, 0) is 35.1 Å². The number of ether oxygens (including phenoxy) is 2. The Morgan fingerprint density at radius 1 is 1.04 bits per heavy atom. The van der Waals surface area contributed by atoms with Crippen LogP contribution in [0.4, 0.5) is 5.69 Å². The lowest BCUT2D eigenvalue weighted by molar-refractivity contribution is -0.119. The number of hydrogen-bond acceptors (Lipinski definition) is 4. The molecule has 0 saturated carbocycles. The fourth-order valence-corrected chi connectivity index (χ4v) is 4.05. The maximum atomic E-state index is 13.3. The van der Waals surface area contributed by atoms with Crippen LogP contribution in [0.3, 0.4) is 0 Å². The van der Waals surface area contributed by atoms with E-state index >= 15 is 0 Å². The first-order valence-corrected chi connectivity index (χ1v) is 10.4. The zero-order chi connectivity index (χ0) is 19.3. The second kappa shape index (κ2) is 8.48. The minimum atomic E-state index is 0.0985. The van der Waals surface area contributed by atoms with Crippen LogP contribution in [0.5, 0.6) is 11.5 Å². The summed E-state index contributed by atoms with van der Waals surface area (Å²) in [5.41, 5.74) is 2.01. The highest BCUT2D eigenvalue weighted by Crippen LogP contribution is 2.35. The van der Waals surface area contributed by atoms with Gasteiger partial charge in [-0.25, -0.2) is 0 Å². The number of amides is 1. The van der Waals surface area contributed by atoms with Crippen molar-refractivity contribution < 1.29 is 14.3 Å². The summed E-state index contributed by atoms with van der Waals surface area (Å²) in [6.07, 6.45) is 0.448. The van der Waals surface area contributed by atoms with Gasteiger partial charge >= 0.3 is 0 Å². The van der Waals surface area contributed by atoms with Crippen molar-refractivity contribution in [1.82, 2.24) is 0 Å². The van der Waals surface area contributed by atoms with Crippen LogP contribution in [0.1, 0.15) is 29.7 Å². The van der Waals surface area contributed by atoms with Crippen molar-refractivity contribution in [2.45, 2.75) is 25.8 Å². The quantitative estimate of drug-likeness (QED) is 0.574. The number of fused-ring (bicyclic) bond motifs is 1. The summed E-state index contributed by atoms with van der Waals surface area (Å²) in [6.45, 7) is 3.73. The van der Waals surface area contributed by atoms with E-state index in [1.807, 2.05) is 52.7 Å². The third kappa shape index (κ3) is 4.20. The standard InChI is InChI=1S/C23H23NO3S/c1-17(18-6-3-2-4-7-18)14-23(25)24(16-20-8-5-13-28-20)19-9-10-21-22(15-19)27-12-11-26-21/h2-10,13,15,17H,11-12,14,16H2,1H3. The highest BCUT2D eigenvalue weighted by Gasteiger charge is 2.22. The normalized spacial score (nSPS) is 13.8. The molecule has 0 saturated heterocycles. The molecule has 1 unspecified atom stereocenters. The number of anilines is 1. The third-order valence-electron chi connectivity index (χ3n) is 4.88. The Morgan fingerprint density at radius 2 is 1.82 bits per heavy atom. The van der Waals surface area contributed by atoms with Gasteiger partial charge in [0.05, 0.1) is 6.54 Å². The van der Waals surface area contributed by atoms with E-state index in [-0.39, 0.29) is 11.8 Å². The third-order valence-corrected chi connectivity index (χ3v) is 5.74. The lowest BCUT2D eigenvalue weighted by Crippen LogP contribution is -2.31. The molecule has 4 nitrogen and oxygen atoms in total. The minimum Gasteiger partial charge on any atom is -0.486 e. The lowest BCUT2D eigenvalue weighted by Gasteiger charge is -2.26. The van der Waals surface area contributed by atoms with Gasteiger partial charge in [-0.1, -0.05) is 43.3 Å². The molecule has 1 amide bonds. The van der Waals surface area contributed by atoms with Crippen molar-refractivity contribution in [1.29, 1.82) is 0 Å². The monoisotopic (exact) mass is 393 g/mol. The highest BCUT2D eigenvalue weighted by molar-refractivity contribution is 7.09. The number of carbonyl (C=O) groups excluding carboxylic acids is 1. The van der Waals surface area contributed by atoms with Gasteiger partial charge in [0.15, 0.2) is 11.5 Å². The van der Waals surface area contributed by atoms with Gasteiger partial charge in [0.2, 0.25) is 5.91 Å². The predicted molar refractivity (Wildman–Crippen MR) is 112 cm³/mol. The van der Waals surface area contributed by atoms with Gasteiger partial charge in [-0.2, -0.15) is 0 Å². The molecule has 1 atom stereocenters. The number of carbonyl (C=O) groups is 1. The molecule has 0 N–H and O–H groups in total. The van der Waals surface area contributed by atoms with E-state index in [2.05, 4.69) is 25.1 Å². The molecule has 28 heavy (non-hydrogen) atoms. The largest absolute Gasteiger partial charge is 0.486 e. The van der Waals surface area contributed by atoms with E-state index in [0.29, 0.717) is 31.9 Å². The SMILES string of the molecule is CC(CC(=O)N(Cc1cccs1)c1ccc2c(c1)OCCO2)c1ccccc1. The molecule has 1 aliphatic heterocycles. The minimum absolute atomic E-state index is 0.0985. The molecule has 0 spiro atoms. The first-order valence-electron chi connectivity index (χ1n) is 9.48. The molecular weight excluding hydrogens is 370 g/mol. The second-order valence-electron chi connectivity index (χ2n) is 6.90. The first kappa shape index (κ1) is 18.6. The Kier molecular flexibility index (Phi) is 5.63. The topological polar surface area (TPSA) is 38.8 Å². The molecule has 0 aliphatic carbocycles. The van der Waals surface area contributed by atoms with E-state index in [9.17, 15) is 4.79 Å². The highest BCUT2D eigenvalue weighted by atomic mass is 32.1. The number of hydrogen-bond donors (Lipinski definition) is 0. The summed E-state index contributed by atoms with van der Waals surface area (Å²) >= 11 is 1.66.